The summed E-state index contributed by atoms with van der Waals surface area (Å²) in [4.78, 5) is 0. The molecule has 0 aromatic heterocycles. The molecule has 0 atom stereocenters. The van der Waals surface area contributed by atoms with Gasteiger partial charge in [-0.1, -0.05) is 36.4 Å². The summed E-state index contributed by atoms with van der Waals surface area (Å²) in [6.45, 7) is 0. The van der Waals surface area contributed by atoms with Gasteiger partial charge in [0.2, 0.25) is 0 Å². The molecule has 2 rings (SSSR count). The zero-order chi connectivity index (χ0) is 10.5. The fraction of sp³-hybridized carbons (Fsp3) is 0. The van der Waals surface area contributed by atoms with Gasteiger partial charge < -0.3 is 0 Å². The quantitative estimate of drug-likeness (QED) is 0.387. The van der Waals surface area contributed by atoms with Crippen LogP contribution in [0.5, 0.6) is 0 Å². The van der Waals surface area contributed by atoms with Crippen molar-refractivity contribution in [1.29, 1.82) is 0 Å². The van der Waals surface area contributed by atoms with Crippen molar-refractivity contribution < 1.29 is 23.3 Å². The number of rotatable bonds is 2. The maximum atomic E-state index is 12.7. The van der Waals surface area contributed by atoms with Crippen molar-refractivity contribution in [3.63, 3.8) is 0 Å². The van der Waals surface area contributed by atoms with E-state index in [-0.39, 0.29) is 18.9 Å². The van der Waals surface area contributed by atoms with Crippen LogP contribution >= 0.6 is 0 Å². The van der Waals surface area contributed by atoms with E-state index in [1.807, 2.05) is 60.7 Å². The molecular formula is C14H10FLi. The first kappa shape index (κ1) is 12.8. The van der Waals surface area contributed by atoms with Gasteiger partial charge in [0.15, 0.2) is 0 Å². The number of benzene rings is 2. The molecule has 74 valence electrons. The van der Waals surface area contributed by atoms with Crippen LogP contribution in [0, 0.1) is 6.33 Å². The molecule has 2 aromatic rings. The van der Waals surface area contributed by atoms with Crippen LogP contribution in [-0.2, 0) is 0 Å². The molecule has 0 spiro atoms. The standard InChI is InChI=1S/C14H10F.Li/c15-11-14(12-7-3-1-4-8-12)13-9-5-2-6-10-13;/h1-10H;/q-1;+1/i11+1;. The van der Waals surface area contributed by atoms with Crippen LogP contribution in [-0.4, -0.2) is 0 Å². The van der Waals surface area contributed by atoms with E-state index in [0.29, 0.717) is 5.57 Å². The summed E-state index contributed by atoms with van der Waals surface area (Å²) in [7, 11) is 0. The minimum Gasteiger partial charge on any atom is -0.295 e. The largest absolute Gasteiger partial charge is 1.00 e. The van der Waals surface area contributed by atoms with E-state index < -0.39 is 0 Å². The van der Waals surface area contributed by atoms with Gasteiger partial charge in [0.05, 0.1) is 0 Å². The molecule has 0 aliphatic heterocycles. The molecule has 2 heteroatoms. The first-order chi connectivity index (χ1) is 7.42. The molecule has 0 aliphatic carbocycles. The second kappa shape index (κ2) is 6.32. The van der Waals surface area contributed by atoms with Gasteiger partial charge in [0.25, 0.3) is 0 Å². The van der Waals surface area contributed by atoms with Gasteiger partial charge >= 0.3 is 18.9 Å². The maximum absolute atomic E-state index is 12.7. The number of hydrogen-bond acceptors (Lipinski definition) is 0. The Bertz CT molecular complexity index is 407. The van der Waals surface area contributed by atoms with E-state index in [9.17, 15) is 4.39 Å². The van der Waals surface area contributed by atoms with Crippen molar-refractivity contribution in [3.8, 4) is 0 Å². The van der Waals surface area contributed by atoms with Crippen molar-refractivity contribution in [2.24, 2.45) is 0 Å². The summed E-state index contributed by atoms with van der Waals surface area (Å²) in [5.74, 6) is 0. The molecule has 0 N–H and O–H groups in total. The Morgan fingerprint density at radius 3 is 1.44 bits per heavy atom. The third-order valence-corrected chi connectivity index (χ3v) is 2.22. The van der Waals surface area contributed by atoms with E-state index in [1.165, 1.54) is 0 Å². The summed E-state index contributed by atoms with van der Waals surface area (Å²) in [6, 6.07) is 18.8. The Balaban J connectivity index is 0.00000128. The first-order valence-electron chi connectivity index (χ1n) is 4.76. The topological polar surface area (TPSA) is 0 Å². The molecule has 0 nitrogen and oxygen atoms in total. The average molecular weight is 205 g/mol. The molecule has 0 saturated heterocycles. The first-order valence-corrected chi connectivity index (χ1v) is 4.76. The van der Waals surface area contributed by atoms with Crippen molar-refractivity contribution in [2.75, 3.05) is 0 Å². The smallest absolute Gasteiger partial charge is 0.295 e. The molecule has 0 radical (unpaired) electrons. The van der Waals surface area contributed by atoms with Crippen molar-refractivity contribution in [2.45, 2.75) is 0 Å². The van der Waals surface area contributed by atoms with Gasteiger partial charge in [-0.15, -0.1) is 41.0 Å². The third-order valence-electron chi connectivity index (χ3n) is 2.22. The molecule has 0 aliphatic rings. The second-order valence-electron chi connectivity index (χ2n) is 3.20. The normalized spacial score (nSPS) is 9.06. The van der Waals surface area contributed by atoms with Crippen LogP contribution in [0.3, 0.4) is 0 Å². The van der Waals surface area contributed by atoms with E-state index >= 15 is 0 Å². The molecule has 0 bridgehead atoms. The molecular weight excluding hydrogens is 195 g/mol. The minimum absolute atomic E-state index is 0. The zero-order valence-electron chi connectivity index (χ0n) is 9.15. The summed E-state index contributed by atoms with van der Waals surface area (Å²) in [5.41, 5.74) is 2.17. The van der Waals surface area contributed by atoms with Gasteiger partial charge in [0, 0.05) is 0 Å². The summed E-state index contributed by atoms with van der Waals surface area (Å²) in [6.07, 6.45) is 1.75. The zero-order valence-corrected chi connectivity index (χ0v) is 9.15. The predicted octanol–water partition coefficient (Wildman–Crippen LogP) is 0.852. The Morgan fingerprint density at radius 2 is 1.12 bits per heavy atom. The SMILES string of the molecule is F[13C-]=C(c1ccccc1)c1ccccc1.[Li+]. The molecule has 0 unspecified atom stereocenters. The molecule has 0 heterocycles. The Kier molecular flexibility index (Phi) is 5.05. The third kappa shape index (κ3) is 2.85. The summed E-state index contributed by atoms with van der Waals surface area (Å²) in [5, 5.41) is 0. The van der Waals surface area contributed by atoms with Gasteiger partial charge in [-0.05, 0) is 6.33 Å². The minimum atomic E-state index is 0. The van der Waals surface area contributed by atoms with Crippen LogP contribution in [0.25, 0.3) is 5.57 Å². The molecule has 2 aromatic carbocycles. The van der Waals surface area contributed by atoms with E-state index in [2.05, 4.69) is 0 Å². The van der Waals surface area contributed by atoms with Crippen LogP contribution in [0.2, 0.25) is 0 Å². The van der Waals surface area contributed by atoms with Crippen molar-refractivity contribution >= 4 is 5.57 Å². The van der Waals surface area contributed by atoms with Crippen LogP contribution in [0.15, 0.2) is 60.7 Å². The Hall–Kier alpha value is -1.29. The van der Waals surface area contributed by atoms with Gasteiger partial charge in [0.1, 0.15) is 0 Å². The predicted molar refractivity (Wildman–Crippen MR) is 59.7 cm³/mol. The fourth-order valence-electron chi connectivity index (χ4n) is 1.49. The Labute approximate surface area is 107 Å². The van der Waals surface area contributed by atoms with Gasteiger partial charge in [-0.25, -0.2) is 0 Å². The van der Waals surface area contributed by atoms with Crippen molar-refractivity contribution in [3.05, 3.63) is 78.1 Å². The van der Waals surface area contributed by atoms with E-state index in [4.69, 9.17) is 0 Å². The Morgan fingerprint density at radius 1 is 0.750 bits per heavy atom. The molecule has 0 amide bonds. The molecule has 16 heavy (non-hydrogen) atoms. The maximum Gasteiger partial charge on any atom is 1.00 e. The van der Waals surface area contributed by atoms with Crippen molar-refractivity contribution in [1.82, 2.24) is 0 Å². The molecule has 0 fully saturated rings. The van der Waals surface area contributed by atoms with Crippen LogP contribution in [0.4, 0.5) is 4.39 Å². The molecule has 0 saturated carbocycles. The van der Waals surface area contributed by atoms with Crippen LogP contribution in [0.1, 0.15) is 11.1 Å². The van der Waals surface area contributed by atoms with E-state index in [0.717, 1.165) is 11.1 Å². The summed E-state index contributed by atoms with van der Waals surface area (Å²) < 4.78 is 12.7. The average Bonchev–Trinajstić information content (AvgIpc) is 2.33. The number of hydrogen-bond donors (Lipinski definition) is 0. The van der Waals surface area contributed by atoms with Gasteiger partial charge in [-0.3, -0.25) is 4.39 Å². The summed E-state index contributed by atoms with van der Waals surface area (Å²) >= 11 is 0. The monoisotopic (exact) mass is 205 g/mol. The second-order valence-corrected chi connectivity index (χ2v) is 3.20. The number of halogens is 1. The van der Waals surface area contributed by atoms with Crippen LogP contribution < -0.4 is 18.9 Å². The van der Waals surface area contributed by atoms with E-state index in [1.54, 1.807) is 6.33 Å². The fourth-order valence-corrected chi connectivity index (χ4v) is 1.49. The van der Waals surface area contributed by atoms with Gasteiger partial charge in [-0.2, -0.15) is 0 Å².